The molecule has 1 unspecified atom stereocenters. The van der Waals surface area contributed by atoms with Gasteiger partial charge in [-0.1, -0.05) is 13.0 Å². The lowest BCUT2D eigenvalue weighted by Crippen LogP contribution is -2.19. The predicted octanol–water partition coefficient (Wildman–Crippen LogP) is 1.99. The molecule has 1 N–H and O–H groups in total. The molecule has 0 radical (unpaired) electrons. The number of benzene rings is 1. The maximum Gasteiger partial charge on any atom is 0.212 e. The van der Waals surface area contributed by atoms with E-state index >= 15 is 0 Å². The van der Waals surface area contributed by atoms with Gasteiger partial charge in [0.2, 0.25) is 5.82 Å². The molecule has 7 heteroatoms. The summed E-state index contributed by atoms with van der Waals surface area (Å²) >= 11 is 0. The fraction of sp³-hybridized carbons (Fsp3) is 0.500. The van der Waals surface area contributed by atoms with Gasteiger partial charge in [0.25, 0.3) is 0 Å². The lowest BCUT2D eigenvalue weighted by Gasteiger charge is -2.14. The highest BCUT2D eigenvalue weighted by Crippen LogP contribution is 2.22. The third kappa shape index (κ3) is 4.22. The fourth-order valence-corrected chi connectivity index (χ4v) is 1.91. The second-order valence-electron chi connectivity index (χ2n) is 4.85. The molecule has 0 saturated carbocycles. The van der Waals surface area contributed by atoms with E-state index in [2.05, 4.69) is 27.7 Å². The van der Waals surface area contributed by atoms with Crippen molar-refractivity contribution in [3.8, 4) is 5.75 Å². The highest BCUT2D eigenvalue weighted by atomic mass is 19.1. The molecule has 114 valence electrons. The molecule has 0 aliphatic rings. The third-order valence-electron chi connectivity index (χ3n) is 3.06. The molecule has 1 heterocycles. The number of tetrazole rings is 1. The van der Waals surface area contributed by atoms with Crippen molar-refractivity contribution < 1.29 is 9.13 Å². The number of nitrogens with zero attached hydrogens (tertiary/aromatic N) is 4. The van der Waals surface area contributed by atoms with Gasteiger partial charge in [0, 0.05) is 6.04 Å². The molecule has 0 fully saturated rings. The summed E-state index contributed by atoms with van der Waals surface area (Å²) in [5.74, 6) is 0.217. The Bertz CT molecular complexity index is 586. The first kappa shape index (κ1) is 15.4. The third-order valence-corrected chi connectivity index (χ3v) is 3.06. The van der Waals surface area contributed by atoms with Crippen LogP contribution in [0.2, 0.25) is 0 Å². The molecule has 21 heavy (non-hydrogen) atoms. The summed E-state index contributed by atoms with van der Waals surface area (Å²) in [5.41, 5.74) is 0.894. The van der Waals surface area contributed by atoms with Gasteiger partial charge >= 0.3 is 0 Å². The van der Waals surface area contributed by atoms with Gasteiger partial charge in [0.1, 0.15) is 0 Å². The Labute approximate surface area is 123 Å². The number of hydrogen-bond acceptors (Lipinski definition) is 5. The van der Waals surface area contributed by atoms with Gasteiger partial charge in [-0.3, -0.25) is 0 Å². The Morgan fingerprint density at radius 3 is 2.86 bits per heavy atom. The Morgan fingerprint density at radius 2 is 2.24 bits per heavy atom. The maximum atomic E-state index is 14.0. The van der Waals surface area contributed by atoms with E-state index < -0.39 is 0 Å². The number of aromatic nitrogens is 4. The monoisotopic (exact) mass is 293 g/mol. The van der Waals surface area contributed by atoms with Crippen molar-refractivity contribution in [2.45, 2.75) is 32.9 Å². The quantitative estimate of drug-likeness (QED) is 0.845. The van der Waals surface area contributed by atoms with E-state index in [9.17, 15) is 4.39 Å². The van der Waals surface area contributed by atoms with Crippen LogP contribution in [0.25, 0.3) is 0 Å². The van der Waals surface area contributed by atoms with Crippen LogP contribution in [0.3, 0.4) is 0 Å². The van der Waals surface area contributed by atoms with Gasteiger partial charge in [-0.15, -0.1) is 10.2 Å². The molecule has 1 aromatic carbocycles. The van der Waals surface area contributed by atoms with Gasteiger partial charge in [-0.2, -0.15) is 4.80 Å². The van der Waals surface area contributed by atoms with E-state index in [1.165, 1.54) is 10.9 Å². The standard InChI is InChI=1S/C14H20FN5O/c1-4-7-16-10(2)11-5-6-13(12(15)8-11)21-9-14-17-19-20(3)18-14/h5-6,8,10,16H,4,7,9H2,1-3H3. The predicted molar refractivity (Wildman–Crippen MR) is 76.2 cm³/mol. The molecule has 0 spiro atoms. The van der Waals surface area contributed by atoms with Gasteiger partial charge in [-0.05, 0) is 42.8 Å². The molecule has 1 aromatic heterocycles. The number of hydrogen-bond donors (Lipinski definition) is 1. The SMILES string of the molecule is CCCNC(C)c1ccc(OCc2nnn(C)n2)c(F)c1. The summed E-state index contributed by atoms with van der Waals surface area (Å²) in [7, 11) is 1.66. The molecule has 6 nitrogen and oxygen atoms in total. The highest BCUT2D eigenvalue weighted by molar-refractivity contribution is 5.30. The lowest BCUT2D eigenvalue weighted by molar-refractivity contribution is 0.280. The number of aryl methyl sites for hydroxylation is 1. The van der Waals surface area contributed by atoms with Crippen molar-refractivity contribution in [2.75, 3.05) is 6.54 Å². The summed E-state index contributed by atoms with van der Waals surface area (Å²) < 4.78 is 19.4. The Balaban J connectivity index is 1.98. The van der Waals surface area contributed by atoms with Crippen LogP contribution in [-0.4, -0.2) is 26.8 Å². The van der Waals surface area contributed by atoms with Crippen LogP contribution in [0.5, 0.6) is 5.75 Å². The van der Waals surface area contributed by atoms with E-state index in [-0.39, 0.29) is 24.2 Å². The van der Waals surface area contributed by atoms with Crippen molar-refractivity contribution in [3.63, 3.8) is 0 Å². The van der Waals surface area contributed by atoms with E-state index in [4.69, 9.17) is 4.74 Å². The second-order valence-corrected chi connectivity index (χ2v) is 4.85. The molecule has 2 aromatic rings. The van der Waals surface area contributed by atoms with Gasteiger partial charge in [-0.25, -0.2) is 4.39 Å². The zero-order chi connectivity index (χ0) is 15.2. The van der Waals surface area contributed by atoms with Gasteiger partial charge in [0.15, 0.2) is 18.2 Å². The topological polar surface area (TPSA) is 64.9 Å². The van der Waals surface area contributed by atoms with E-state index in [1.807, 2.05) is 13.0 Å². The summed E-state index contributed by atoms with van der Waals surface area (Å²) in [5, 5.41) is 14.8. The zero-order valence-corrected chi connectivity index (χ0v) is 12.5. The molecule has 0 aliphatic heterocycles. The summed E-state index contributed by atoms with van der Waals surface area (Å²) in [4.78, 5) is 1.33. The fourth-order valence-electron chi connectivity index (χ4n) is 1.91. The minimum absolute atomic E-state index is 0.0910. The van der Waals surface area contributed by atoms with Crippen LogP contribution in [0.15, 0.2) is 18.2 Å². The molecular formula is C14H20FN5O. The number of ether oxygens (including phenoxy) is 1. The van der Waals surface area contributed by atoms with Crippen LogP contribution < -0.4 is 10.1 Å². The van der Waals surface area contributed by atoms with Crippen LogP contribution in [0.1, 0.15) is 37.7 Å². The first-order valence-corrected chi connectivity index (χ1v) is 6.98. The van der Waals surface area contributed by atoms with Crippen LogP contribution >= 0.6 is 0 Å². The maximum absolute atomic E-state index is 14.0. The Hall–Kier alpha value is -2.02. The van der Waals surface area contributed by atoms with Crippen LogP contribution in [0, 0.1) is 5.82 Å². The number of rotatable bonds is 7. The Morgan fingerprint density at radius 1 is 1.43 bits per heavy atom. The molecule has 2 rings (SSSR count). The van der Waals surface area contributed by atoms with E-state index in [0.29, 0.717) is 5.82 Å². The molecule has 0 amide bonds. The average Bonchev–Trinajstić information content (AvgIpc) is 2.89. The van der Waals surface area contributed by atoms with E-state index in [0.717, 1.165) is 18.5 Å². The van der Waals surface area contributed by atoms with E-state index in [1.54, 1.807) is 13.1 Å². The number of nitrogens with one attached hydrogen (secondary N) is 1. The smallest absolute Gasteiger partial charge is 0.212 e. The van der Waals surface area contributed by atoms with Crippen molar-refractivity contribution in [2.24, 2.45) is 7.05 Å². The largest absolute Gasteiger partial charge is 0.482 e. The van der Waals surface area contributed by atoms with Gasteiger partial charge < -0.3 is 10.1 Å². The minimum Gasteiger partial charge on any atom is -0.482 e. The Kier molecular flexibility index (Phi) is 5.21. The highest BCUT2D eigenvalue weighted by Gasteiger charge is 2.10. The van der Waals surface area contributed by atoms with Crippen molar-refractivity contribution in [1.29, 1.82) is 0 Å². The van der Waals surface area contributed by atoms with Gasteiger partial charge in [0.05, 0.1) is 7.05 Å². The second kappa shape index (κ2) is 7.12. The number of halogens is 1. The van der Waals surface area contributed by atoms with Crippen LogP contribution in [0.4, 0.5) is 4.39 Å². The molecule has 1 atom stereocenters. The average molecular weight is 293 g/mol. The van der Waals surface area contributed by atoms with Crippen molar-refractivity contribution in [1.82, 2.24) is 25.5 Å². The van der Waals surface area contributed by atoms with Crippen LogP contribution in [-0.2, 0) is 13.7 Å². The molecule has 0 saturated heterocycles. The molecule has 0 bridgehead atoms. The summed E-state index contributed by atoms with van der Waals surface area (Å²) in [6.07, 6.45) is 1.04. The lowest BCUT2D eigenvalue weighted by atomic mass is 10.1. The first-order valence-electron chi connectivity index (χ1n) is 6.98. The summed E-state index contributed by atoms with van der Waals surface area (Å²) in [6.45, 7) is 5.10. The van der Waals surface area contributed by atoms with Crippen molar-refractivity contribution >= 4 is 0 Å². The molecular weight excluding hydrogens is 273 g/mol. The normalized spacial score (nSPS) is 12.4. The summed E-state index contributed by atoms with van der Waals surface area (Å²) in [6, 6.07) is 5.09. The first-order chi connectivity index (χ1) is 10.1. The zero-order valence-electron chi connectivity index (χ0n) is 12.5. The van der Waals surface area contributed by atoms with Crippen molar-refractivity contribution in [3.05, 3.63) is 35.4 Å². The molecule has 0 aliphatic carbocycles. The minimum atomic E-state index is -0.387.